The summed E-state index contributed by atoms with van der Waals surface area (Å²) in [5.74, 6) is 1.08. The van der Waals surface area contributed by atoms with Gasteiger partial charge in [0.15, 0.2) is 0 Å². The summed E-state index contributed by atoms with van der Waals surface area (Å²) in [4.78, 5) is 6.26. The van der Waals surface area contributed by atoms with E-state index in [1.54, 1.807) is 7.05 Å². The first-order valence-corrected chi connectivity index (χ1v) is 5.22. The Morgan fingerprint density at radius 2 is 2.25 bits per heavy atom. The van der Waals surface area contributed by atoms with Gasteiger partial charge in [0, 0.05) is 20.3 Å². The first-order chi connectivity index (χ1) is 7.54. The number of aliphatic hydroxyl groups is 1. The fourth-order valence-electron chi connectivity index (χ4n) is 1.42. The predicted octanol–water partition coefficient (Wildman–Crippen LogP) is 1.35. The maximum absolute atomic E-state index is 9.33. The average molecular weight is 221 g/mol. The highest BCUT2D eigenvalue weighted by molar-refractivity contribution is 5.37. The second-order valence-corrected chi connectivity index (χ2v) is 3.96. The maximum Gasteiger partial charge on any atom is 0.127 e. The zero-order chi connectivity index (χ0) is 12.1. The molecule has 1 unspecified atom stereocenters. The molecule has 0 aliphatic rings. The first kappa shape index (κ1) is 12.5. The van der Waals surface area contributed by atoms with Crippen LogP contribution in [0.15, 0.2) is 30.7 Å². The van der Waals surface area contributed by atoms with Crippen molar-refractivity contribution in [1.82, 2.24) is 10.3 Å². The zero-order valence-electron chi connectivity index (χ0n) is 10.1. The van der Waals surface area contributed by atoms with Crippen molar-refractivity contribution in [3.8, 4) is 0 Å². The minimum absolute atomic E-state index is 0.119. The monoisotopic (exact) mass is 221 g/mol. The molecule has 0 aliphatic heterocycles. The Morgan fingerprint density at radius 1 is 1.56 bits per heavy atom. The van der Waals surface area contributed by atoms with Gasteiger partial charge in [-0.1, -0.05) is 12.6 Å². The molecule has 4 nitrogen and oxygen atoms in total. The minimum atomic E-state index is -0.119. The fourth-order valence-corrected chi connectivity index (χ4v) is 1.42. The topological polar surface area (TPSA) is 48.4 Å². The Labute approximate surface area is 96.6 Å². The molecule has 2 N–H and O–H groups in total. The van der Waals surface area contributed by atoms with E-state index in [2.05, 4.69) is 16.9 Å². The molecular formula is C12H19N3O. The average Bonchev–Trinajstić information content (AvgIpc) is 2.26. The third-order valence-electron chi connectivity index (χ3n) is 2.46. The lowest BCUT2D eigenvalue weighted by atomic mass is 10.1. The van der Waals surface area contributed by atoms with Crippen molar-refractivity contribution in [3.05, 3.63) is 36.2 Å². The number of anilines is 1. The van der Waals surface area contributed by atoms with Gasteiger partial charge in [-0.15, -0.1) is 0 Å². The molecule has 1 rings (SSSR count). The van der Waals surface area contributed by atoms with Gasteiger partial charge in [0.25, 0.3) is 0 Å². The van der Waals surface area contributed by atoms with Crippen molar-refractivity contribution in [2.24, 2.45) is 0 Å². The van der Waals surface area contributed by atoms with Crippen LogP contribution in [0.25, 0.3) is 0 Å². The summed E-state index contributed by atoms with van der Waals surface area (Å²) in [7, 11) is 5.70. The summed E-state index contributed by atoms with van der Waals surface area (Å²) in [6.45, 7) is 3.53. The summed E-state index contributed by atoms with van der Waals surface area (Å²) >= 11 is 0. The van der Waals surface area contributed by atoms with Gasteiger partial charge in [0.1, 0.15) is 11.6 Å². The third kappa shape index (κ3) is 3.24. The lowest BCUT2D eigenvalue weighted by Crippen LogP contribution is -2.29. The SMILES string of the molecule is C=C(O)C(Cc1ccc(N(C)C)nc1)NC. The lowest BCUT2D eigenvalue weighted by Gasteiger charge is -2.15. The van der Waals surface area contributed by atoms with Gasteiger partial charge in [-0.05, 0) is 25.1 Å². The van der Waals surface area contributed by atoms with Crippen molar-refractivity contribution < 1.29 is 5.11 Å². The largest absolute Gasteiger partial charge is 0.511 e. The molecule has 16 heavy (non-hydrogen) atoms. The van der Waals surface area contributed by atoms with Gasteiger partial charge in [-0.25, -0.2) is 4.98 Å². The van der Waals surface area contributed by atoms with E-state index in [0.29, 0.717) is 6.42 Å². The number of hydrogen-bond donors (Lipinski definition) is 2. The molecule has 0 fully saturated rings. The van der Waals surface area contributed by atoms with Gasteiger partial charge in [0.05, 0.1) is 6.04 Å². The van der Waals surface area contributed by atoms with E-state index >= 15 is 0 Å². The van der Waals surface area contributed by atoms with Crippen LogP contribution in [0.3, 0.4) is 0 Å². The molecule has 0 aliphatic carbocycles. The number of hydrogen-bond acceptors (Lipinski definition) is 4. The second-order valence-electron chi connectivity index (χ2n) is 3.96. The van der Waals surface area contributed by atoms with Gasteiger partial charge in [-0.2, -0.15) is 0 Å². The predicted molar refractivity (Wildman–Crippen MR) is 66.9 cm³/mol. The molecule has 4 heteroatoms. The smallest absolute Gasteiger partial charge is 0.127 e. The van der Waals surface area contributed by atoms with E-state index in [9.17, 15) is 5.11 Å². The number of rotatable bonds is 5. The number of pyridine rings is 1. The summed E-state index contributed by atoms with van der Waals surface area (Å²) in [6, 6.07) is 3.85. The van der Waals surface area contributed by atoms with E-state index in [-0.39, 0.29) is 11.8 Å². The second kappa shape index (κ2) is 5.51. The van der Waals surface area contributed by atoms with Crippen molar-refractivity contribution in [1.29, 1.82) is 0 Å². The normalized spacial score (nSPS) is 12.2. The van der Waals surface area contributed by atoms with Crippen LogP contribution >= 0.6 is 0 Å². The molecule has 1 atom stereocenters. The number of nitrogens with one attached hydrogen (secondary N) is 1. The van der Waals surface area contributed by atoms with E-state index in [0.717, 1.165) is 11.4 Å². The molecule has 0 spiro atoms. The van der Waals surface area contributed by atoms with Crippen molar-refractivity contribution >= 4 is 5.82 Å². The molecule has 88 valence electrons. The first-order valence-electron chi connectivity index (χ1n) is 5.22. The van der Waals surface area contributed by atoms with Gasteiger partial charge in [-0.3, -0.25) is 0 Å². The summed E-state index contributed by atoms with van der Waals surface area (Å²) < 4.78 is 0. The molecule has 0 bridgehead atoms. The molecule has 0 saturated heterocycles. The highest BCUT2D eigenvalue weighted by Crippen LogP contribution is 2.11. The molecule has 0 saturated carbocycles. The fraction of sp³-hybridized carbons (Fsp3) is 0.417. The number of aromatic nitrogens is 1. The molecule has 0 amide bonds. The Hall–Kier alpha value is -1.55. The number of nitrogens with zero attached hydrogens (tertiary/aromatic N) is 2. The third-order valence-corrected chi connectivity index (χ3v) is 2.46. The van der Waals surface area contributed by atoms with Crippen LogP contribution in [0, 0.1) is 0 Å². The van der Waals surface area contributed by atoms with Crippen LogP contribution in [-0.2, 0) is 6.42 Å². The van der Waals surface area contributed by atoms with Crippen LogP contribution in [0.2, 0.25) is 0 Å². The number of likely N-dealkylation sites (N-methyl/N-ethyl adjacent to an activating group) is 1. The molecule has 1 aromatic rings. The van der Waals surface area contributed by atoms with Crippen LogP contribution in [-0.4, -0.2) is 37.3 Å². The van der Waals surface area contributed by atoms with E-state index < -0.39 is 0 Å². The van der Waals surface area contributed by atoms with Crippen LogP contribution in [0.1, 0.15) is 5.56 Å². The molecule has 1 aromatic heterocycles. The van der Waals surface area contributed by atoms with Crippen LogP contribution in [0.4, 0.5) is 5.82 Å². The molecule has 0 aromatic carbocycles. The molecule has 0 radical (unpaired) electrons. The Bertz CT molecular complexity index is 346. The van der Waals surface area contributed by atoms with Gasteiger partial charge in [0.2, 0.25) is 0 Å². The van der Waals surface area contributed by atoms with Gasteiger partial charge < -0.3 is 15.3 Å². The van der Waals surface area contributed by atoms with Gasteiger partial charge >= 0.3 is 0 Å². The van der Waals surface area contributed by atoms with Crippen LogP contribution in [0.5, 0.6) is 0 Å². The van der Waals surface area contributed by atoms with Crippen molar-refractivity contribution in [2.75, 3.05) is 26.0 Å². The van der Waals surface area contributed by atoms with Crippen molar-refractivity contribution in [3.63, 3.8) is 0 Å². The minimum Gasteiger partial charge on any atom is -0.511 e. The molecule has 1 heterocycles. The Balaban J connectivity index is 2.71. The summed E-state index contributed by atoms with van der Waals surface area (Å²) in [5.41, 5.74) is 1.07. The molecular weight excluding hydrogens is 202 g/mol. The zero-order valence-corrected chi connectivity index (χ0v) is 10.1. The van der Waals surface area contributed by atoms with E-state index in [4.69, 9.17) is 0 Å². The quantitative estimate of drug-likeness (QED) is 0.737. The number of aliphatic hydroxyl groups excluding tert-OH is 1. The Morgan fingerprint density at radius 3 is 2.62 bits per heavy atom. The van der Waals surface area contributed by atoms with Crippen molar-refractivity contribution in [2.45, 2.75) is 12.5 Å². The highest BCUT2D eigenvalue weighted by Gasteiger charge is 2.10. The summed E-state index contributed by atoms with van der Waals surface area (Å²) in [6.07, 6.45) is 2.51. The van der Waals surface area contributed by atoms with E-state index in [1.807, 2.05) is 37.3 Å². The maximum atomic E-state index is 9.33. The highest BCUT2D eigenvalue weighted by atomic mass is 16.3. The summed E-state index contributed by atoms with van der Waals surface area (Å²) in [5, 5.41) is 12.3. The lowest BCUT2D eigenvalue weighted by molar-refractivity contribution is 0.349. The standard InChI is InChI=1S/C12H19N3O/c1-9(16)11(13-2)7-10-5-6-12(14-8-10)15(3)4/h5-6,8,11,13,16H,1,7H2,2-4H3. The van der Waals surface area contributed by atoms with E-state index in [1.165, 1.54) is 0 Å². The van der Waals surface area contributed by atoms with Crippen LogP contribution < -0.4 is 10.2 Å². The Kier molecular flexibility index (Phi) is 4.31.